The van der Waals surface area contributed by atoms with Crippen molar-refractivity contribution in [2.24, 2.45) is 11.8 Å². The lowest BCUT2D eigenvalue weighted by Gasteiger charge is -2.15. The molecule has 0 bridgehead atoms. The number of carbonyl (C=O) groups is 3. The first-order valence-corrected chi connectivity index (χ1v) is 4.82. The Morgan fingerprint density at radius 1 is 1.00 bits per heavy atom. The van der Waals surface area contributed by atoms with Crippen LogP contribution >= 0.6 is 0 Å². The van der Waals surface area contributed by atoms with Gasteiger partial charge in [0, 0.05) is 0 Å². The summed E-state index contributed by atoms with van der Waals surface area (Å²) in [6.45, 7) is -0.254. The number of hydrogen-bond acceptors (Lipinski definition) is 5. The zero-order valence-corrected chi connectivity index (χ0v) is 8.90. The fourth-order valence-corrected chi connectivity index (χ4v) is 1.36. The number of rotatable bonds is 9. The second-order valence-electron chi connectivity index (χ2n) is 3.53. The average molecular weight is 250 g/mol. The van der Waals surface area contributed by atoms with Crippen molar-refractivity contribution in [2.75, 3.05) is 6.61 Å². The quantitative estimate of drug-likeness (QED) is 0.334. The highest BCUT2D eigenvalue weighted by Gasteiger charge is 2.28. The summed E-state index contributed by atoms with van der Waals surface area (Å²) in [5.41, 5.74) is 0. The molecule has 0 radical (unpaired) electrons. The van der Waals surface area contributed by atoms with E-state index in [0.29, 0.717) is 0 Å². The third-order valence-corrected chi connectivity index (χ3v) is 2.25. The molecule has 4 N–H and O–H groups in total. The number of aliphatic carboxylic acids is 3. The van der Waals surface area contributed by atoms with Gasteiger partial charge in [0.25, 0.3) is 0 Å². The molecule has 0 saturated heterocycles. The summed E-state index contributed by atoms with van der Waals surface area (Å²) in [5.74, 6) is -6.25. The Morgan fingerprint density at radius 3 is 1.88 bits per heavy atom. The lowest BCUT2D eigenvalue weighted by Crippen LogP contribution is -2.25. The number of carboxylic acid groups (broad SMARTS) is 3. The van der Waals surface area contributed by atoms with E-state index in [2.05, 4.69) is 4.89 Å². The van der Waals surface area contributed by atoms with Gasteiger partial charge in [-0.1, -0.05) is 0 Å². The van der Waals surface area contributed by atoms with Gasteiger partial charge >= 0.3 is 17.9 Å². The van der Waals surface area contributed by atoms with Crippen LogP contribution < -0.4 is 0 Å². The van der Waals surface area contributed by atoms with E-state index >= 15 is 0 Å². The van der Waals surface area contributed by atoms with Crippen LogP contribution in [0.5, 0.6) is 0 Å². The van der Waals surface area contributed by atoms with Crippen LogP contribution in [-0.2, 0) is 19.3 Å². The van der Waals surface area contributed by atoms with E-state index in [1.54, 1.807) is 0 Å². The molecular formula is C9H14O8. The smallest absolute Gasteiger partial charge is 0.307 e. The lowest BCUT2D eigenvalue weighted by molar-refractivity contribution is -0.244. The lowest BCUT2D eigenvalue weighted by atomic mass is 9.90. The fourth-order valence-electron chi connectivity index (χ4n) is 1.36. The van der Waals surface area contributed by atoms with Crippen molar-refractivity contribution in [3.8, 4) is 0 Å². The molecule has 98 valence electrons. The number of carboxylic acids is 3. The van der Waals surface area contributed by atoms with Gasteiger partial charge in [-0.2, -0.15) is 0 Å². The van der Waals surface area contributed by atoms with Crippen molar-refractivity contribution < 1.29 is 39.8 Å². The molecule has 0 aliphatic heterocycles. The predicted octanol–water partition coefficient (Wildman–Crippen LogP) is 0.133. The van der Waals surface area contributed by atoms with Gasteiger partial charge in [-0.15, -0.1) is 0 Å². The maximum atomic E-state index is 10.8. The molecule has 2 unspecified atom stereocenters. The molecule has 0 aliphatic rings. The molecule has 2 atom stereocenters. The molecule has 8 nitrogen and oxygen atoms in total. The molecule has 0 aromatic carbocycles. The summed E-state index contributed by atoms with van der Waals surface area (Å²) in [6.07, 6.45) is -1.05. The summed E-state index contributed by atoms with van der Waals surface area (Å²) < 4.78 is 0. The highest BCUT2D eigenvalue weighted by Crippen LogP contribution is 2.19. The van der Waals surface area contributed by atoms with E-state index in [1.165, 1.54) is 0 Å². The molecule has 0 fully saturated rings. The van der Waals surface area contributed by atoms with E-state index in [4.69, 9.17) is 20.6 Å². The zero-order valence-electron chi connectivity index (χ0n) is 8.90. The van der Waals surface area contributed by atoms with Crippen LogP contribution in [0.3, 0.4) is 0 Å². The van der Waals surface area contributed by atoms with Gasteiger partial charge in [-0.05, 0) is 12.8 Å². The third kappa shape index (κ3) is 6.48. The van der Waals surface area contributed by atoms with Crippen molar-refractivity contribution in [1.82, 2.24) is 0 Å². The van der Waals surface area contributed by atoms with E-state index in [0.717, 1.165) is 0 Å². The average Bonchev–Trinajstić information content (AvgIpc) is 2.21. The van der Waals surface area contributed by atoms with Gasteiger partial charge in [0.15, 0.2) is 0 Å². The van der Waals surface area contributed by atoms with E-state index < -0.39 is 36.2 Å². The molecule has 8 heteroatoms. The normalized spacial score (nSPS) is 13.9. The van der Waals surface area contributed by atoms with Crippen molar-refractivity contribution in [3.63, 3.8) is 0 Å². The summed E-state index contributed by atoms with van der Waals surface area (Å²) in [4.78, 5) is 35.6. The van der Waals surface area contributed by atoms with Crippen LogP contribution in [0.1, 0.15) is 19.3 Å². The first-order valence-electron chi connectivity index (χ1n) is 4.82. The molecule has 0 saturated carbocycles. The van der Waals surface area contributed by atoms with Crippen LogP contribution in [0.25, 0.3) is 0 Å². The van der Waals surface area contributed by atoms with E-state index in [-0.39, 0.29) is 19.4 Å². The monoisotopic (exact) mass is 250 g/mol. The van der Waals surface area contributed by atoms with Gasteiger partial charge in [-0.3, -0.25) is 19.6 Å². The van der Waals surface area contributed by atoms with Crippen molar-refractivity contribution >= 4 is 17.9 Å². The van der Waals surface area contributed by atoms with Crippen LogP contribution in [0.15, 0.2) is 0 Å². The van der Waals surface area contributed by atoms with Crippen LogP contribution in [-0.4, -0.2) is 45.1 Å². The standard InChI is InChI=1S/C9H14O8/c10-7(11)4-6(9(14)15)3-5(8(12)13)1-2-17-16/h5-6,16H,1-4H2,(H,10,11)(H,12,13)(H,14,15). The van der Waals surface area contributed by atoms with E-state index in [9.17, 15) is 14.4 Å². The maximum absolute atomic E-state index is 10.8. The van der Waals surface area contributed by atoms with Gasteiger partial charge < -0.3 is 15.3 Å². The fraction of sp³-hybridized carbons (Fsp3) is 0.667. The molecule has 0 spiro atoms. The van der Waals surface area contributed by atoms with Gasteiger partial charge in [0.2, 0.25) is 0 Å². The highest BCUT2D eigenvalue weighted by molar-refractivity contribution is 5.78. The second kappa shape index (κ2) is 7.58. The Bertz CT molecular complexity index is 287. The van der Waals surface area contributed by atoms with Crippen molar-refractivity contribution in [3.05, 3.63) is 0 Å². The molecule has 0 amide bonds. The Kier molecular flexibility index (Phi) is 6.83. The van der Waals surface area contributed by atoms with E-state index in [1.807, 2.05) is 0 Å². The molecule has 0 aromatic rings. The van der Waals surface area contributed by atoms with Crippen LogP contribution in [0.4, 0.5) is 0 Å². The minimum absolute atomic E-state index is 0.0881. The SMILES string of the molecule is O=C(O)CC(CC(CCOO)C(=O)O)C(=O)O. The van der Waals surface area contributed by atoms with Gasteiger partial charge in [0.05, 0.1) is 24.9 Å². The summed E-state index contributed by atoms with van der Waals surface area (Å²) in [5, 5.41) is 34.1. The molecular weight excluding hydrogens is 236 g/mol. The Labute approximate surface area is 96.4 Å². The third-order valence-electron chi connectivity index (χ3n) is 2.25. The largest absolute Gasteiger partial charge is 0.481 e. The van der Waals surface area contributed by atoms with Gasteiger partial charge in [-0.25, -0.2) is 4.89 Å². The molecule has 17 heavy (non-hydrogen) atoms. The minimum atomic E-state index is -1.36. The first-order chi connectivity index (χ1) is 7.88. The minimum Gasteiger partial charge on any atom is -0.481 e. The maximum Gasteiger partial charge on any atom is 0.307 e. The topological polar surface area (TPSA) is 141 Å². The summed E-state index contributed by atoms with van der Waals surface area (Å²) in [7, 11) is 0. The Hall–Kier alpha value is -1.67. The summed E-state index contributed by atoms with van der Waals surface area (Å²) in [6, 6.07) is 0. The Morgan fingerprint density at radius 2 is 1.53 bits per heavy atom. The molecule has 0 aromatic heterocycles. The predicted molar refractivity (Wildman–Crippen MR) is 52.3 cm³/mol. The number of hydrogen-bond donors (Lipinski definition) is 4. The van der Waals surface area contributed by atoms with Crippen LogP contribution in [0, 0.1) is 11.8 Å². The zero-order chi connectivity index (χ0) is 13.4. The second-order valence-corrected chi connectivity index (χ2v) is 3.53. The first kappa shape index (κ1) is 15.3. The van der Waals surface area contributed by atoms with Gasteiger partial charge in [0.1, 0.15) is 0 Å². The Balaban J connectivity index is 4.50. The van der Waals surface area contributed by atoms with Crippen molar-refractivity contribution in [2.45, 2.75) is 19.3 Å². The summed E-state index contributed by atoms with van der Waals surface area (Å²) >= 11 is 0. The molecule has 0 rings (SSSR count). The molecule has 0 heterocycles. The van der Waals surface area contributed by atoms with Crippen LogP contribution in [0.2, 0.25) is 0 Å². The van der Waals surface area contributed by atoms with Crippen molar-refractivity contribution in [1.29, 1.82) is 0 Å². The highest BCUT2D eigenvalue weighted by atomic mass is 17.1. The molecule has 0 aliphatic carbocycles.